The van der Waals surface area contributed by atoms with Crippen LogP contribution < -0.4 is 10.2 Å². The summed E-state index contributed by atoms with van der Waals surface area (Å²) in [5, 5.41) is 2.60. The molecular formula is C10H13N2OS2+. The first-order valence-electron chi connectivity index (χ1n) is 4.93. The van der Waals surface area contributed by atoms with Gasteiger partial charge in [0.2, 0.25) is 0 Å². The molecule has 0 radical (unpaired) electrons. The predicted molar refractivity (Wildman–Crippen MR) is 65.5 cm³/mol. The van der Waals surface area contributed by atoms with Crippen molar-refractivity contribution in [2.24, 2.45) is 0 Å². The Morgan fingerprint density at radius 2 is 2.33 bits per heavy atom. The summed E-state index contributed by atoms with van der Waals surface area (Å²) in [5.74, 6) is -0.0718. The molecule has 2 N–H and O–H groups in total. The number of thiocarbonyl (C=S) groups is 1. The first kappa shape index (κ1) is 10.9. The van der Waals surface area contributed by atoms with Crippen molar-refractivity contribution in [2.75, 3.05) is 13.6 Å². The minimum atomic E-state index is -0.0718. The lowest BCUT2D eigenvalue weighted by atomic mass is 10.3. The highest BCUT2D eigenvalue weighted by Gasteiger charge is 2.22. The van der Waals surface area contributed by atoms with Crippen LogP contribution in [0.25, 0.3) is 0 Å². The van der Waals surface area contributed by atoms with Gasteiger partial charge in [0.05, 0.1) is 18.5 Å². The Morgan fingerprint density at radius 1 is 1.53 bits per heavy atom. The molecule has 2 rings (SSSR count). The first-order valence-corrected chi connectivity index (χ1v) is 6.16. The summed E-state index contributed by atoms with van der Waals surface area (Å²) in [6.45, 7) is 1.19. The van der Waals surface area contributed by atoms with Crippen LogP contribution in [0, 0.1) is 0 Å². The maximum absolute atomic E-state index is 11.3. The van der Waals surface area contributed by atoms with Crippen LogP contribution in [0.1, 0.15) is 12.8 Å². The number of hydrogen-bond acceptors (Lipinski definition) is 3. The molecule has 1 amide bonds. The Balaban J connectivity index is 2.11. The van der Waals surface area contributed by atoms with Crippen molar-refractivity contribution in [1.82, 2.24) is 5.32 Å². The van der Waals surface area contributed by atoms with Gasteiger partial charge in [0.1, 0.15) is 10.0 Å². The van der Waals surface area contributed by atoms with Gasteiger partial charge < -0.3 is 10.2 Å². The van der Waals surface area contributed by atoms with Gasteiger partial charge in [-0.3, -0.25) is 4.79 Å². The lowest BCUT2D eigenvalue weighted by molar-refractivity contribution is -0.828. The van der Waals surface area contributed by atoms with Crippen LogP contribution in [0.15, 0.2) is 22.8 Å². The van der Waals surface area contributed by atoms with Crippen LogP contribution in [-0.4, -0.2) is 23.8 Å². The molecule has 0 aromatic rings. The van der Waals surface area contributed by atoms with Crippen molar-refractivity contribution in [3.05, 3.63) is 22.8 Å². The molecule has 0 spiro atoms. The van der Waals surface area contributed by atoms with E-state index in [4.69, 9.17) is 12.2 Å². The summed E-state index contributed by atoms with van der Waals surface area (Å²) in [7, 11) is 2.16. The molecule has 80 valence electrons. The summed E-state index contributed by atoms with van der Waals surface area (Å²) >= 11 is 6.25. The first-order chi connectivity index (χ1) is 7.16. The number of carbonyl (C=O) groups excluding carboxylic acids is 1. The quantitative estimate of drug-likeness (QED) is 0.509. The second-order valence-electron chi connectivity index (χ2n) is 3.70. The Bertz CT molecular complexity index is 374. The molecule has 1 atom stereocenters. The molecule has 1 unspecified atom stereocenters. The van der Waals surface area contributed by atoms with E-state index in [2.05, 4.69) is 18.4 Å². The van der Waals surface area contributed by atoms with Crippen molar-refractivity contribution in [3.63, 3.8) is 0 Å². The summed E-state index contributed by atoms with van der Waals surface area (Å²) in [5.41, 5.74) is 1.37. The van der Waals surface area contributed by atoms with Crippen LogP contribution in [0.2, 0.25) is 0 Å². The van der Waals surface area contributed by atoms with E-state index in [9.17, 15) is 4.79 Å². The summed E-state index contributed by atoms with van der Waals surface area (Å²) in [6.07, 6.45) is 6.30. The maximum atomic E-state index is 11.3. The average Bonchev–Trinajstić information content (AvgIpc) is 2.70. The van der Waals surface area contributed by atoms with Crippen LogP contribution in [0.5, 0.6) is 0 Å². The monoisotopic (exact) mass is 241 g/mol. The number of amides is 1. The fraction of sp³-hybridized carbons (Fsp3) is 0.400. The predicted octanol–water partition coefficient (Wildman–Crippen LogP) is 0.211. The van der Waals surface area contributed by atoms with Crippen LogP contribution in [0.3, 0.4) is 0 Å². The molecule has 0 bridgehead atoms. The second-order valence-corrected chi connectivity index (χ2v) is 5.42. The minimum Gasteiger partial charge on any atom is -0.308 e. The van der Waals surface area contributed by atoms with E-state index in [0.29, 0.717) is 9.23 Å². The van der Waals surface area contributed by atoms with E-state index >= 15 is 0 Å². The average molecular weight is 241 g/mol. The third kappa shape index (κ3) is 2.48. The van der Waals surface area contributed by atoms with Gasteiger partial charge in [-0.2, -0.15) is 0 Å². The van der Waals surface area contributed by atoms with Gasteiger partial charge in [0, 0.05) is 12.8 Å². The van der Waals surface area contributed by atoms with Crippen molar-refractivity contribution in [2.45, 2.75) is 12.8 Å². The zero-order valence-electron chi connectivity index (χ0n) is 8.50. The number of likely N-dealkylation sites (tertiary alicyclic amines) is 1. The number of carbonyl (C=O) groups is 1. The normalized spacial score (nSPS) is 31.7. The Labute approximate surface area is 98.6 Å². The van der Waals surface area contributed by atoms with Crippen molar-refractivity contribution >= 4 is 34.2 Å². The SMILES string of the molecule is C[NH+]1CCC/C1=C\C=C1/SC(=S)NC1=O. The highest BCUT2D eigenvalue weighted by Crippen LogP contribution is 2.23. The van der Waals surface area contributed by atoms with Crippen LogP contribution >= 0.6 is 24.0 Å². The largest absolute Gasteiger partial charge is 0.308 e. The fourth-order valence-electron chi connectivity index (χ4n) is 1.76. The van der Waals surface area contributed by atoms with Gasteiger partial charge in [-0.05, 0) is 12.2 Å². The molecule has 0 aromatic carbocycles. The molecule has 15 heavy (non-hydrogen) atoms. The van der Waals surface area contributed by atoms with E-state index in [0.717, 1.165) is 6.42 Å². The molecule has 0 aromatic heterocycles. The molecule has 2 heterocycles. The molecule has 2 saturated heterocycles. The van der Waals surface area contributed by atoms with Gasteiger partial charge in [-0.15, -0.1) is 0 Å². The molecule has 0 saturated carbocycles. The van der Waals surface area contributed by atoms with Crippen molar-refractivity contribution < 1.29 is 9.69 Å². The Morgan fingerprint density at radius 3 is 2.87 bits per heavy atom. The van der Waals surface area contributed by atoms with Gasteiger partial charge >= 0.3 is 0 Å². The van der Waals surface area contributed by atoms with E-state index in [1.807, 2.05) is 6.08 Å². The molecule has 5 heteroatoms. The highest BCUT2D eigenvalue weighted by atomic mass is 32.2. The number of thioether (sulfide) groups is 1. The number of nitrogens with one attached hydrogen (secondary N) is 2. The summed E-state index contributed by atoms with van der Waals surface area (Å²) in [4.78, 5) is 13.5. The third-order valence-electron chi connectivity index (χ3n) is 2.62. The van der Waals surface area contributed by atoms with E-state index < -0.39 is 0 Å². The topological polar surface area (TPSA) is 33.5 Å². The number of rotatable bonds is 1. The van der Waals surface area contributed by atoms with Crippen LogP contribution in [0.4, 0.5) is 0 Å². The standard InChI is InChI=1S/C10H12N2OS2/c1-12-6-2-3-7(12)4-5-8-9(13)11-10(14)15-8/h4-5H,2-3,6H2,1H3,(H,11,13,14)/p+1/b7-4+,8-5-. The number of hydrogen-bond donors (Lipinski definition) is 2. The van der Waals surface area contributed by atoms with E-state index in [1.165, 1.54) is 35.3 Å². The third-order valence-corrected chi connectivity index (χ3v) is 3.80. The Hall–Kier alpha value is -0.650. The molecular weight excluding hydrogens is 228 g/mol. The lowest BCUT2D eigenvalue weighted by Crippen LogP contribution is -3.04. The smallest absolute Gasteiger partial charge is 0.263 e. The molecule has 2 fully saturated rings. The summed E-state index contributed by atoms with van der Waals surface area (Å²) in [6, 6.07) is 0. The minimum absolute atomic E-state index is 0.0718. The number of allylic oxidation sites excluding steroid dienone is 3. The second kappa shape index (κ2) is 4.47. The molecule has 2 aliphatic heterocycles. The van der Waals surface area contributed by atoms with E-state index in [1.54, 1.807) is 0 Å². The lowest BCUT2D eigenvalue weighted by Gasteiger charge is -2.04. The molecule has 0 aliphatic carbocycles. The zero-order chi connectivity index (χ0) is 10.8. The van der Waals surface area contributed by atoms with Crippen LogP contribution in [-0.2, 0) is 4.79 Å². The number of quaternary nitrogens is 1. The van der Waals surface area contributed by atoms with E-state index in [-0.39, 0.29) is 5.91 Å². The van der Waals surface area contributed by atoms with Gasteiger partial charge in [0.25, 0.3) is 5.91 Å². The Kier molecular flexibility index (Phi) is 3.23. The zero-order valence-corrected chi connectivity index (χ0v) is 10.1. The van der Waals surface area contributed by atoms with Gasteiger partial charge in [-0.25, -0.2) is 0 Å². The highest BCUT2D eigenvalue weighted by molar-refractivity contribution is 8.26. The van der Waals surface area contributed by atoms with Crippen molar-refractivity contribution in [3.8, 4) is 0 Å². The summed E-state index contributed by atoms with van der Waals surface area (Å²) < 4.78 is 0.553. The fourth-order valence-corrected chi connectivity index (χ4v) is 2.74. The van der Waals surface area contributed by atoms with Gasteiger partial charge in [-0.1, -0.05) is 24.0 Å². The van der Waals surface area contributed by atoms with Crippen molar-refractivity contribution in [1.29, 1.82) is 0 Å². The maximum Gasteiger partial charge on any atom is 0.263 e. The molecule has 3 nitrogen and oxygen atoms in total. The molecule has 2 aliphatic rings. The van der Waals surface area contributed by atoms with Gasteiger partial charge in [0.15, 0.2) is 0 Å².